The molecule has 0 aliphatic carbocycles. The van der Waals surface area contributed by atoms with Crippen LogP contribution in [0.5, 0.6) is 0 Å². The van der Waals surface area contributed by atoms with Gasteiger partial charge in [0.2, 0.25) is 0 Å². The predicted molar refractivity (Wildman–Crippen MR) is 65.8 cm³/mol. The standard InChI is InChI=1S/C12H19N3/c1-4-15(5-2)11-8-10(12(13)14)7-6-9(11)3/h6-8H,4-5H2,1-3H3,(H3,13,14). The van der Waals surface area contributed by atoms with Crippen molar-refractivity contribution in [3.63, 3.8) is 0 Å². The van der Waals surface area contributed by atoms with Gasteiger partial charge in [-0.05, 0) is 32.4 Å². The van der Waals surface area contributed by atoms with Crippen LogP contribution in [0, 0.1) is 12.3 Å². The zero-order chi connectivity index (χ0) is 11.4. The maximum Gasteiger partial charge on any atom is 0.122 e. The fourth-order valence-corrected chi connectivity index (χ4v) is 1.68. The molecule has 3 N–H and O–H groups in total. The van der Waals surface area contributed by atoms with E-state index in [0.29, 0.717) is 0 Å². The Kier molecular flexibility index (Phi) is 3.72. The highest BCUT2D eigenvalue weighted by Gasteiger charge is 2.07. The van der Waals surface area contributed by atoms with Gasteiger partial charge in [0.05, 0.1) is 0 Å². The van der Waals surface area contributed by atoms with Crippen LogP contribution in [0.25, 0.3) is 0 Å². The van der Waals surface area contributed by atoms with E-state index >= 15 is 0 Å². The van der Waals surface area contributed by atoms with Crippen molar-refractivity contribution in [2.75, 3.05) is 18.0 Å². The van der Waals surface area contributed by atoms with Crippen LogP contribution in [0.4, 0.5) is 5.69 Å². The molecule has 0 saturated carbocycles. The van der Waals surface area contributed by atoms with E-state index in [1.165, 1.54) is 11.3 Å². The quantitative estimate of drug-likeness (QED) is 0.584. The van der Waals surface area contributed by atoms with Crippen molar-refractivity contribution in [3.05, 3.63) is 29.3 Å². The number of hydrogen-bond donors (Lipinski definition) is 2. The van der Waals surface area contributed by atoms with Crippen molar-refractivity contribution in [2.45, 2.75) is 20.8 Å². The van der Waals surface area contributed by atoms with E-state index in [1.54, 1.807) is 0 Å². The van der Waals surface area contributed by atoms with Gasteiger partial charge in [-0.2, -0.15) is 0 Å². The van der Waals surface area contributed by atoms with Crippen LogP contribution in [0.2, 0.25) is 0 Å². The number of nitrogens with zero attached hydrogens (tertiary/aromatic N) is 1. The highest BCUT2D eigenvalue weighted by Crippen LogP contribution is 2.21. The van der Waals surface area contributed by atoms with Gasteiger partial charge in [-0.3, -0.25) is 5.41 Å². The molecule has 0 aliphatic rings. The summed E-state index contributed by atoms with van der Waals surface area (Å²) in [7, 11) is 0. The van der Waals surface area contributed by atoms with Crippen molar-refractivity contribution in [3.8, 4) is 0 Å². The van der Waals surface area contributed by atoms with Crippen LogP contribution >= 0.6 is 0 Å². The Morgan fingerprint density at radius 3 is 2.40 bits per heavy atom. The van der Waals surface area contributed by atoms with Gasteiger partial charge in [0.1, 0.15) is 5.84 Å². The molecular weight excluding hydrogens is 186 g/mol. The molecular formula is C12H19N3. The van der Waals surface area contributed by atoms with Gasteiger partial charge in [-0.1, -0.05) is 12.1 Å². The molecule has 82 valence electrons. The van der Waals surface area contributed by atoms with E-state index in [1.807, 2.05) is 18.2 Å². The second-order valence-corrected chi connectivity index (χ2v) is 3.59. The van der Waals surface area contributed by atoms with Crippen LogP contribution in [-0.4, -0.2) is 18.9 Å². The monoisotopic (exact) mass is 205 g/mol. The topological polar surface area (TPSA) is 53.1 Å². The minimum Gasteiger partial charge on any atom is -0.384 e. The average molecular weight is 205 g/mol. The number of hydrogen-bond acceptors (Lipinski definition) is 2. The summed E-state index contributed by atoms with van der Waals surface area (Å²) in [5, 5.41) is 7.42. The highest BCUT2D eigenvalue weighted by atomic mass is 15.1. The van der Waals surface area contributed by atoms with Crippen LogP contribution < -0.4 is 10.6 Å². The second kappa shape index (κ2) is 4.82. The molecule has 0 radical (unpaired) electrons. The van der Waals surface area contributed by atoms with Crippen molar-refractivity contribution in [1.82, 2.24) is 0 Å². The molecule has 0 aromatic heterocycles. The number of nitrogens with one attached hydrogen (secondary N) is 1. The summed E-state index contributed by atoms with van der Waals surface area (Å²) >= 11 is 0. The molecule has 0 fully saturated rings. The lowest BCUT2D eigenvalue weighted by Gasteiger charge is -2.23. The molecule has 0 saturated heterocycles. The third-order valence-electron chi connectivity index (χ3n) is 2.62. The van der Waals surface area contributed by atoms with Crippen molar-refractivity contribution in [2.24, 2.45) is 5.73 Å². The van der Waals surface area contributed by atoms with Gasteiger partial charge in [-0.15, -0.1) is 0 Å². The Morgan fingerprint density at radius 2 is 1.93 bits per heavy atom. The van der Waals surface area contributed by atoms with Gasteiger partial charge in [0.25, 0.3) is 0 Å². The maximum atomic E-state index is 7.42. The van der Waals surface area contributed by atoms with E-state index in [2.05, 4.69) is 25.7 Å². The zero-order valence-electron chi connectivity index (χ0n) is 9.67. The zero-order valence-corrected chi connectivity index (χ0v) is 9.67. The SMILES string of the molecule is CCN(CC)c1cc(C(=N)N)ccc1C. The minimum absolute atomic E-state index is 0.128. The lowest BCUT2D eigenvalue weighted by molar-refractivity contribution is 0.861. The predicted octanol–water partition coefficient (Wildman–Crippen LogP) is 2.13. The van der Waals surface area contributed by atoms with E-state index in [0.717, 1.165) is 18.7 Å². The summed E-state index contributed by atoms with van der Waals surface area (Å²) in [5.74, 6) is 0.128. The Balaban J connectivity index is 3.15. The Bertz CT molecular complexity index is 354. The molecule has 0 amide bonds. The summed E-state index contributed by atoms with van der Waals surface area (Å²) in [6.07, 6.45) is 0. The van der Waals surface area contributed by atoms with Gasteiger partial charge >= 0.3 is 0 Å². The molecule has 0 bridgehead atoms. The van der Waals surface area contributed by atoms with E-state index in [4.69, 9.17) is 11.1 Å². The molecule has 3 nitrogen and oxygen atoms in total. The fourth-order valence-electron chi connectivity index (χ4n) is 1.68. The molecule has 3 heteroatoms. The number of nitrogen functional groups attached to an aromatic ring is 1. The Labute approximate surface area is 91.4 Å². The normalized spacial score (nSPS) is 10.1. The van der Waals surface area contributed by atoms with E-state index in [9.17, 15) is 0 Å². The number of anilines is 1. The van der Waals surface area contributed by atoms with Crippen LogP contribution in [0.15, 0.2) is 18.2 Å². The maximum absolute atomic E-state index is 7.42. The molecule has 15 heavy (non-hydrogen) atoms. The van der Waals surface area contributed by atoms with Crippen molar-refractivity contribution >= 4 is 11.5 Å². The van der Waals surface area contributed by atoms with Crippen LogP contribution in [-0.2, 0) is 0 Å². The minimum atomic E-state index is 0.128. The first-order valence-electron chi connectivity index (χ1n) is 5.30. The lowest BCUT2D eigenvalue weighted by Crippen LogP contribution is -2.23. The van der Waals surface area contributed by atoms with E-state index in [-0.39, 0.29) is 5.84 Å². The second-order valence-electron chi connectivity index (χ2n) is 3.59. The number of rotatable bonds is 4. The fraction of sp³-hybridized carbons (Fsp3) is 0.417. The molecule has 0 spiro atoms. The summed E-state index contributed by atoms with van der Waals surface area (Å²) < 4.78 is 0. The van der Waals surface area contributed by atoms with Gasteiger partial charge in [0, 0.05) is 24.3 Å². The third-order valence-corrected chi connectivity index (χ3v) is 2.62. The Morgan fingerprint density at radius 1 is 1.33 bits per heavy atom. The average Bonchev–Trinajstić information content (AvgIpc) is 2.22. The molecule has 0 heterocycles. The van der Waals surface area contributed by atoms with Gasteiger partial charge < -0.3 is 10.6 Å². The van der Waals surface area contributed by atoms with E-state index < -0.39 is 0 Å². The molecule has 1 aromatic carbocycles. The smallest absolute Gasteiger partial charge is 0.122 e. The molecule has 1 aromatic rings. The number of aryl methyl sites for hydroxylation is 1. The summed E-state index contributed by atoms with van der Waals surface area (Å²) in [4.78, 5) is 2.27. The first-order chi connectivity index (χ1) is 7.10. The summed E-state index contributed by atoms with van der Waals surface area (Å²) in [6.45, 7) is 8.28. The number of benzene rings is 1. The molecule has 0 aliphatic heterocycles. The largest absolute Gasteiger partial charge is 0.384 e. The van der Waals surface area contributed by atoms with Crippen LogP contribution in [0.3, 0.4) is 0 Å². The molecule has 0 atom stereocenters. The van der Waals surface area contributed by atoms with Gasteiger partial charge in [0.15, 0.2) is 0 Å². The Hall–Kier alpha value is -1.51. The first kappa shape index (κ1) is 11.6. The highest BCUT2D eigenvalue weighted by molar-refractivity contribution is 5.96. The number of amidine groups is 1. The third kappa shape index (κ3) is 2.49. The molecule has 1 rings (SSSR count). The molecule has 0 unspecified atom stereocenters. The van der Waals surface area contributed by atoms with Gasteiger partial charge in [-0.25, -0.2) is 0 Å². The summed E-state index contributed by atoms with van der Waals surface area (Å²) in [5.41, 5.74) is 8.67. The van der Waals surface area contributed by atoms with Crippen molar-refractivity contribution in [1.29, 1.82) is 5.41 Å². The first-order valence-corrected chi connectivity index (χ1v) is 5.30. The number of nitrogens with two attached hydrogens (primary N) is 1. The van der Waals surface area contributed by atoms with Crippen molar-refractivity contribution < 1.29 is 0 Å². The lowest BCUT2D eigenvalue weighted by atomic mass is 10.1. The van der Waals surface area contributed by atoms with Crippen LogP contribution in [0.1, 0.15) is 25.0 Å². The summed E-state index contributed by atoms with van der Waals surface area (Å²) in [6, 6.07) is 5.90.